The summed E-state index contributed by atoms with van der Waals surface area (Å²) in [6.45, 7) is 0. The highest BCUT2D eigenvalue weighted by molar-refractivity contribution is 6.27. The monoisotopic (exact) mass is 561 g/mol. The lowest BCUT2D eigenvalue weighted by Crippen LogP contribution is -1.87. The Hall–Kier alpha value is -5.93. The first-order valence-corrected chi connectivity index (χ1v) is 14.9. The molecule has 10 aromatic rings. The molecule has 10 rings (SSSR count). The van der Waals surface area contributed by atoms with Crippen LogP contribution in [0.15, 0.2) is 148 Å². The number of para-hydroxylation sites is 2. The number of hydrogen-bond donors (Lipinski definition) is 0. The minimum atomic E-state index is 0.623. The van der Waals surface area contributed by atoms with Crippen LogP contribution in [0.3, 0.4) is 0 Å². The Morgan fingerprint density at radius 2 is 0.841 bits per heavy atom. The number of hydrogen-bond acceptors (Lipinski definition) is 3. The van der Waals surface area contributed by atoms with E-state index in [1.807, 2.05) is 30.3 Å². The van der Waals surface area contributed by atoms with Crippen LogP contribution in [0.1, 0.15) is 0 Å². The highest BCUT2D eigenvalue weighted by atomic mass is 16.3. The van der Waals surface area contributed by atoms with Gasteiger partial charge in [-0.3, -0.25) is 0 Å². The summed E-state index contributed by atoms with van der Waals surface area (Å²) >= 11 is 0. The first-order valence-electron chi connectivity index (χ1n) is 14.9. The first kappa shape index (κ1) is 23.6. The number of aromatic nitrogens is 1. The summed E-state index contributed by atoms with van der Waals surface area (Å²) < 4.78 is 12.8. The maximum absolute atomic E-state index is 6.50. The normalized spacial score (nSPS) is 12.1. The third-order valence-corrected chi connectivity index (χ3v) is 9.09. The number of rotatable bonds is 2. The fourth-order valence-corrected chi connectivity index (χ4v) is 7.07. The average Bonchev–Trinajstić information content (AvgIpc) is 3.66. The lowest BCUT2D eigenvalue weighted by Gasteiger charge is -2.12. The van der Waals surface area contributed by atoms with Crippen LogP contribution >= 0.6 is 0 Å². The number of fused-ring (bicyclic) bond motifs is 13. The van der Waals surface area contributed by atoms with E-state index in [0.29, 0.717) is 5.71 Å². The molecule has 0 N–H and O–H groups in total. The summed E-state index contributed by atoms with van der Waals surface area (Å²) in [7, 11) is 0. The molecule has 3 heteroatoms. The van der Waals surface area contributed by atoms with Crippen molar-refractivity contribution in [2.45, 2.75) is 0 Å². The van der Waals surface area contributed by atoms with Gasteiger partial charge in [-0.05, 0) is 61.6 Å². The van der Waals surface area contributed by atoms with Crippen molar-refractivity contribution in [1.29, 1.82) is 0 Å². The minimum absolute atomic E-state index is 0.623. The Morgan fingerprint density at radius 3 is 1.50 bits per heavy atom. The Labute approximate surface area is 251 Å². The summed E-state index contributed by atoms with van der Waals surface area (Å²) in [4.78, 5) is 5.05. The Bertz CT molecular complexity index is 2730. The van der Waals surface area contributed by atoms with Gasteiger partial charge in [0.2, 0.25) is 5.71 Å². The number of furan rings is 2. The first-order chi connectivity index (χ1) is 21.8. The van der Waals surface area contributed by atoms with Gasteiger partial charge in [0, 0.05) is 21.7 Å². The van der Waals surface area contributed by atoms with Crippen LogP contribution in [-0.2, 0) is 0 Å². The van der Waals surface area contributed by atoms with Gasteiger partial charge in [0.15, 0.2) is 5.58 Å². The lowest BCUT2D eigenvalue weighted by atomic mass is 9.92. The number of benzene rings is 7. The van der Waals surface area contributed by atoms with Gasteiger partial charge in [0.25, 0.3) is 0 Å². The van der Waals surface area contributed by atoms with Crippen LogP contribution in [0.5, 0.6) is 0 Å². The fraction of sp³-hybridized carbons (Fsp3) is 0. The van der Waals surface area contributed by atoms with E-state index in [4.69, 9.17) is 13.8 Å². The van der Waals surface area contributed by atoms with Gasteiger partial charge in [-0.15, -0.1) is 0 Å². The Kier molecular flexibility index (Phi) is 4.72. The molecule has 44 heavy (non-hydrogen) atoms. The molecular formula is C41H23NO2. The second-order valence-corrected chi connectivity index (χ2v) is 11.5. The third-order valence-electron chi connectivity index (χ3n) is 9.09. The topological polar surface area (TPSA) is 39.2 Å². The van der Waals surface area contributed by atoms with Gasteiger partial charge in [-0.25, -0.2) is 4.98 Å². The summed E-state index contributed by atoms with van der Waals surface area (Å²) in [5, 5.41) is 11.8. The molecule has 0 aliphatic heterocycles. The van der Waals surface area contributed by atoms with Crippen LogP contribution in [-0.4, -0.2) is 4.98 Å². The molecule has 0 bridgehead atoms. The minimum Gasteiger partial charge on any atom is -0.454 e. The van der Waals surface area contributed by atoms with Crippen LogP contribution in [0.2, 0.25) is 0 Å². The highest BCUT2D eigenvalue weighted by Crippen LogP contribution is 2.43. The molecule has 0 saturated carbocycles. The lowest BCUT2D eigenvalue weighted by molar-refractivity contribution is 0.650. The molecular weight excluding hydrogens is 538 g/mol. The van der Waals surface area contributed by atoms with Crippen LogP contribution < -0.4 is 0 Å². The fourth-order valence-electron chi connectivity index (χ4n) is 7.07. The molecule has 0 aliphatic rings. The molecule has 0 aliphatic carbocycles. The van der Waals surface area contributed by atoms with E-state index in [1.165, 1.54) is 37.9 Å². The van der Waals surface area contributed by atoms with E-state index in [9.17, 15) is 0 Å². The summed E-state index contributed by atoms with van der Waals surface area (Å²) in [6.07, 6.45) is 0. The van der Waals surface area contributed by atoms with Gasteiger partial charge in [0.1, 0.15) is 16.9 Å². The molecule has 3 aromatic heterocycles. The van der Waals surface area contributed by atoms with Crippen molar-refractivity contribution in [3.8, 4) is 22.4 Å². The van der Waals surface area contributed by atoms with E-state index >= 15 is 0 Å². The smallest absolute Gasteiger partial charge is 0.228 e. The van der Waals surface area contributed by atoms with Crippen LogP contribution in [0.25, 0.3) is 98.7 Å². The average molecular weight is 562 g/mol. The summed E-state index contributed by atoms with van der Waals surface area (Å²) in [6, 6.07) is 49.2. The van der Waals surface area contributed by atoms with Crippen molar-refractivity contribution in [3.05, 3.63) is 140 Å². The van der Waals surface area contributed by atoms with Crippen molar-refractivity contribution in [3.63, 3.8) is 0 Å². The Morgan fingerprint density at radius 1 is 0.364 bits per heavy atom. The van der Waals surface area contributed by atoms with Gasteiger partial charge < -0.3 is 8.83 Å². The van der Waals surface area contributed by atoms with E-state index in [0.717, 1.165) is 55.1 Å². The maximum atomic E-state index is 6.50. The van der Waals surface area contributed by atoms with E-state index in [-0.39, 0.29) is 0 Å². The molecule has 0 unspecified atom stereocenters. The molecule has 0 spiro atoms. The largest absolute Gasteiger partial charge is 0.454 e. The molecule has 0 radical (unpaired) electrons. The summed E-state index contributed by atoms with van der Waals surface area (Å²) in [5.41, 5.74) is 7.17. The van der Waals surface area contributed by atoms with Gasteiger partial charge in [-0.2, -0.15) is 0 Å². The number of pyridine rings is 1. The van der Waals surface area contributed by atoms with Crippen molar-refractivity contribution in [1.82, 2.24) is 4.98 Å². The predicted molar refractivity (Wildman–Crippen MR) is 182 cm³/mol. The van der Waals surface area contributed by atoms with Gasteiger partial charge in [0.05, 0.1) is 5.39 Å². The van der Waals surface area contributed by atoms with Crippen molar-refractivity contribution in [2.24, 2.45) is 0 Å². The standard InChI is InChI=1S/C41H23NO2/c1-2-11-29-27(9-1)28-10-3-4-12-30(28)34-23-26(21-22-31(29)34)24-17-19-25(20-18-24)39-40-37(32-13-5-7-15-35(32)43-40)38-33-14-6-8-16-36(33)44-41(38)42-39/h1-23H. The van der Waals surface area contributed by atoms with Crippen molar-refractivity contribution >= 4 is 76.3 Å². The van der Waals surface area contributed by atoms with E-state index in [1.54, 1.807) is 0 Å². The van der Waals surface area contributed by atoms with E-state index in [2.05, 4.69) is 109 Å². The molecule has 0 saturated heterocycles. The number of nitrogens with zero attached hydrogens (tertiary/aromatic N) is 1. The zero-order valence-electron chi connectivity index (χ0n) is 23.5. The van der Waals surface area contributed by atoms with E-state index < -0.39 is 0 Å². The SMILES string of the molecule is c1ccc2c(c1)oc1nc(-c3ccc(-c4ccc5c6ccccc6c6ccccc6c5c4)cc3)c3oc4ccccc4c3c12. The maximum Gasteiger partial charge on any atom is 0.228 e. The molecule has 0 fully saturated rings. The van der Waals surface area contributed by atoms with Crippen LogP contribution in [0, 0.1) is 0 Å². The predicted octanol–water partition coefficient (Wildman–Crippen LogP) is 11.7. The zero-order valence-corrected chi connectivity index (χ0v) is 23.5. The van der Waals surface area contributed by atoms with Crippen molar-refractivity contribution < 1.29 is 8.83 Å². The molecule has 3 heterocycles. The zero-order chi connectivity index (χ0) is 28.8. The quantitative estimate of drug-likeness (QED) is 0.197. The van der Waals surface area contributed by atoms with Crippen LogP contribution in [0.4, 0.5) is 0 Å². The Balaban J connectivity index is 1.17. The van der Waals surface area contributed by atoms with Gasteiger partial charge >= 0.3 is 0 Å². The summed E-state index contributed by atoms with van der Waals surface area (Å²) in [5.74, 6) is 0. The molecule has 204 valence electrons. The second kappa shape index (κ2) is 8.79. The molecule has 0 atom stereocenters. The second-order valence-electron chi connectivity index (χ2n) is 11.5. The highest BCUT2D eigenvalue weighted by Gasteiger charge is 2.22. The molecule has 7 aromatic carbocycles. The van der Waals surface area contributed by atoms with Crippen molar-refractivity contribution in [2.75, 3.05) is 0 Å². The van der Waals surface area contributed by atoms with Gasteiger partial charge in [-0.1, -0.05) is 121 Å². The molecule has 3 nitrogen and oxygen atoms in total. The molecule has 0 amide bonds. The third kappa shape index (κ3) is 3.24.